The molecule has 6 aliphatic rings. The number of likely N-dealkylation sites (N-methyl/N-ethyl adjacent to an activating group) is 1. The van der Waals surface area contributed by atoms with Gasteiger partial charge < -0.3 is 24.2 Å². The second-order valence-electron chi connectivity index (χ2n) is 16.3. The number of hydrogen-bond acceptors (Lipinski definition) is 7. The molecule has 3 saturated heterocycles. The molecule has 9 heteroatoms. The predicted molar refractivity (Wildman–Crippen MR) is 202 cm³/mol. The van der Waals surface area contributed by atoms with Crippen LogP contribution in [0.15, 0.2) is 48.0 Å². The number of H-pyrrole nitrogens is 2. The standard InChI is InChI=1S/C43H52N4O5/c1-7-24-15-23-20-43(42(49)52-6)39-27(13-14-47(21-23)40(24)43)29-19-36(50-4)30(17-34(29)45-39)31-16-28-25(8-2)22-46(3)35(37(28)41(48)51-5)18-32-26-11-9-10-12-33(26)44-38(31)32/h8-12,17,19,23-24,28,31,35,37,40,44-45H,7,13-16,18,20-22H2,1-6H3/b25-8+/t23-,24+,28+,31-,35+,37+,40+,43-/m1/s1. The molecule has 4 aliphatic heterocycles. The van der Waals surface area contributed by atoms with Crippen molar-refractivity contribution < 1.29 is 23.8 Å². The lowest BCUT2D eigenvalue weighted by Crippen LogP contribution is -2.67. The minimum Gasteiger partial charge on any atom is -0.496 e. The number of nitrogens with one attached hydrogen (secondary N) is 2. The number of methoxy groups -OCH3 is 3. The average Bonchev–Trinajstić information content (AvgIpc) is 3.69. The van der Waals surface area contributed by atoms with Gasteiger partial charge in [0.05, 0.1) is 27.2 Å². The van der Waals surface area contributed by atoms with Crippen LogP contribution in [0.5, 0.6) is 5.75 Å². The van der Waals surface area contributed by atoms with E-state index >= 15 is 0 Å². The quantitative estimate of drug-likeness (QED) is 0.181. The molecule has 4 fully saturated rings. The Labute approximate surface area is 306 Å². The van der Waals surface area contributed by atoms with Crippen LogP contribution in [0.4, 0.5) is 0 Å². The molecular weight excluding hydrogens is 652 g/mol. The number of carbonyl (C=O) groups is 2. The summed E-state index contributed by atoms with van der Waals surface area (Å²) in [5.41, 5.74) is 8.48. The Balaban J connectivity index is 1.27. The third-order valence-electron chi connectivity index (χ3n) is 14.1. The topological polar surface area (TPSA) is 99.9 Å². The normalized spacial score (nSPS) is 33.2. The Morgan fingerprint density at radius 1 is 1.02 bits per heavy atom. The van der Waals surface area contributed by atoms with Crippen molar-refractivity contribution in [3.8, 4) is 5.75 Å². The zero-order chi connectivity index (χ0) is 36.1. The molecule has 2 aliphatic carbocycles. The summed E-state index contributed by atoms with van der Waals surface area (Å²) in [6.45, 7) is 7.17. The molecule has 6 bridgehead atoms. The molecule has 2 aromatic carbocycles. The van der Waals surface area contributed by atoms with Gasteiger partial charge in [0.25, 0.3) is 0 Å². The summed E-state index contributed by atoms with van der Waals surface area (Å²) in [5, 5.41) is 2.32. The van der Waals surface area contributed by atoms with Crippen LogP contribution < -0.4 is 4.74 Å². The zero-order valence-corrected chi connectivity index (χ0v) is 31.4. The largest absolute Gasteiger partial charge is 0.496 e. The van der Waals surface area contributed by atoms with Crippen LogP contribution in [0.3, 0.4) is 0 Å². The number of allylic oxidation sites excluding steroid dienone is 1. The van der Waals surface area contributed by atoms with Crippen LogP contribution in [0.25, 0.3) is 21.8 Å². The summed E-state index contributed by atoms with van der Waals surface area (Å²) in [6, 6.07) is 13.2. The molecular formula is C43H52N4O5. The summed E-state index contributed by atoms with van der Waals surface area (Å²) in [6.07, 6.45) is 7.59. The fraction of sp³-hybridized carbons (Fsp3) is 0.535. The Kier molecular flexibility index (Phi) is 8.12. The third-order valence-corrected chi connectivity index (χ3v) is 14.1. The van der Waals surface area contributed by atoms with E-state index < -0.39 is 5.41 Å². The summed E-state index contributed by atoms with van der Waals surface area (Å²) >= 11 is 0. The van der Waals surface area contributed by atoms with Crippen molar-refractivity contribution >= 4 is 33.7 Å². The molecule has 0 amide bonds. The number of hydrogen-bond donors (Lipinski definition) is 2. The molecule has 2 aromatic heterocycles. The number of nitrogens with zero attached hydrogens (tertiary/aromatic N) is 2. The summed E-state index contributed by atoms with van der Waals surface area (Å²) in [4.78, 5) is 40.8. The zero-order valence-electron chi connectivity index (χ0n) is 31.4. The molecule has 4 aromatic rings. The lowest BCUT2D eigenvalue weighted by atomic mass is 9.56. The number of rotatable bonds is 5. The highest BCUT2D eigenvalue weighted by Crippen LogP contribution is 2.56. The maximum Gasteiger partial charge on any atom is 0.319 e. The van der Waals surface area contributed by atoms with E-state index in [0.29, 0.717) is 11.8 Å². The van der Waals surface area contributed by atoms with Gasteiger partial charge in [0.15, 0.2) is 0 Å². The molecule has 9 atom stereocenters. The molecule has 2 N–H and O–H groups in total. The van der Waals surface area contributed by atoms with Gasteiger partial charge in [-0.25, -0.2) is 0 Å². The van der Waals surface area contributed by atoms with Crippen molar-refractivity contribution in [1.29, 1.82) is 0 Å². The van der Waals surface area contributed by atoms with Crippen molar-refractivity contribution in [2.75, 3.05) is 48.0 Å². The Morgan fingerprint density at radius 2 is 1.85 bits per heavy atom. The van der Waals surface area contributed by atoms with Gasteiger partial charge in [-0.1, -0.05) is 43.2 Å². The molecule has 1 unspecified atom stereocenters. The van der Waals surface area contributed by atoms with Crippen molar-refractivity contribution in [2.45, 2.75) is 75.8 Å². The monoisotopic (exact) mass is 704 g/mol. The van der Waals surface area contributed by atoms with Gasteiger partial charge in [-0.2, -0.15) is 0 Å². The molecule has 1 saturated carbocycles. The molecule has 10 rings (SSSR count). The van der Waals surface area contributed by atoms with Crippen LogP contribution in [0.2, 0.25) is 0 Å². The molecule has 0 spiro atoms. The number of esters is 2. The van der Waals surface area contributed by atoms with E-state index in [-0.39, 0.29) is 41.8 Å². The minimum absolute atomic E-state index is 0.00122. The molecule has 52 heavy (non-hydrogen) atoms. The third kappa shape index (κ3) is 4.67. The number of aromatic nitrogens is 2. The smallest absolute Gasteiger partial charge is 0.319 e. The lowest BCUT2D eigenvalue weighted by molar-refractivity contribution is -0.162. The first-order chi connectivity index (χ1) is 25.3. The van der Waals surface area contributed by atoms with Crippen LogP contribution in [-0.2, 0) is 37.3 Å². The Bertz CT molecular complexity index is 2110. The number of carbonyl (C=O) groups excluding carboxylic acids is 2. The second kappa shape index (κ2) is 12.5. The maximum atomic E-state index is 14.2. The Morgan fingerprint density at radius 3 is 2.60 bits per heavy atom. The molecule has 6 heterocycles. The number of fused-ring (bicyclic) bond motifs is 9. The van der Waals surface area contributed by atoms with Gasteiger partial charge in [0.1, 0.15) is 11.2 Å². The van der Waals surface area contributed by atoms with E-state index in [1.54, 1.807) is 14.2 Å². The number of benzene rings is 2. The SMILES string of the molecule is C/C=C1\CN(C)[C@H]2Cc3c([nH]c4ccccc34)[C@@H](c3cc4[nH]c5c(c4cc3OC)CCN3C[C@@H]4C[C@H](CC)[C@H]3[C@@]5(C(=O)OC)C4)C[C@@H]1[C@@H]2C(=O)OC. The van der Waals surface area contributed by atoms with E-state index in [9.17, 15) is 9.59 Å². The van der Waals surface area contributed by atoms with Crippen molar-refractivity contribution in [2.24, 2.45) is 23.7 Å². The van der Waals surface area contributed by atoms with E-state index in [1.807, 2.05) is 0 Å². The van der Waals surface area contributed by atoms with Gasteiger partial charge in [-0.3, -0.25) is 19.4 Å². The van der Waals surface area contributed by atoms with Crippen LogP contribution in [-0.4, -0.2) is 91.8 Å². The Hall–Kier alpha value is -4.08. The fourth-order valence-corrected chi connectivity index (χ4v) is 12.1. The van der Waals surface area contributed by atoms with E-state index in [4.69, 9.17) is 14.2 Å². The minimum atomic E-state index is -0.725. The van der Waals surface area contributed by atoms with Crippen molar-refractivity contribution in [1.82, 2.24) is 19.8 Å². The van der Waals surface area contributed by atoms with E-state index in [2.05, 4.69) is 83.1 Å². The summed E-state index contributed by atoms with van der Waals surface area (Å²) in [5.74, 6) is 1.11. The summed E-state index contributed by atoms with van der Waals surface area (Å²) in [7, 11) is 6.99. The van der Waals surface area contributed by atoms with Crippen LogP contribution >= 0.6 is 0 Å². The highest BCUT2D eigenvalue weighted by molar-refractivity contribution is 5.93. The number of piperidine rings is 3. The second-order valence-corrected chi connectivity index (χ2v) is 16.3. The van der Waals surface area contributed by atoms with E-state index in [1.165, 1.54) is 41.3 Å². The van der Waals surface area contributed by atoms with Gasteiger partial charge in [-0.05, 0) is 93.2 Å². The first-order valence-electron chi connectivity index (χ1n) is 19.3. The predicted octanol–water partition coefficient (Wildman–Crippen LogP) is 6.49. The van der Waals surface area contributed by atoms with Crippen LogP contribution in [0.1, 0.15) is 73.5 Å². The van der Waals surface area contributed by atoms with Crippen LogP contribution in [0, 0.1) is 23.7 Å². The highest BCUT2D eigenvalue weighted by Gasteiger charge is 2.62. The van der Waals surface area contributed by atoms with Crippen molar-refractivity contribution in [3.05, 3.63) is 76.1 Å². The molecule has 274 valence electrons. The van der Waals surface area contributed by atoms with Crippen molar-refractivity contribution in [3.63, 3.8) is 0 Å². The van der Waals surface area contributed by atoms with Gasteiger partial charge >= 0.3 is 11.9 Å². The van der Waals surface area contributed by atoms with Gasteiger partial charge in [-0.15, -0.1) is 0 Å². The number of aromatic amines is 2. The number of likely N-dealkylation sites (tertiary alicyclic amines) is 1. The number of para-hydroxylation sites is 1. The number of ether oxygens (including phenoxy) is 3. The molecule has 0 radical (unpaired) electrons. The first-order valence-corrected chi connectivity index (χ1v) is 19.3. The van der Waals surface area contributed by atoms with Gasteiger partial charge in [0.2, 0.25) is 0 Å². The fourth-order valence-electron chi connectivity index (χ4n) is 12.1. The van der Waals surface area contributed by atoms with Gasteiger partial charge in [0, 0.05) is 76.4 Å². The highest BCUT2D eigenvalue weighted by atomic mass is 16.5. The van der Waals surface area contributed by atoms with E-state index in [0.717, 1.165) is 85.2 Å². The first kappa shape index (κ1) is 33.7. The summed E-state index contributed by atoms with van der Waals surface area (Å²) < 4.78 is 17.6. The average molecular weight is 705 g/mol. The maximum absolute atomic E-state index is 14.2. The lowest BCUT2D eigenvalue weighted by Gasteiger charge is -2.57. The molecule has 9 nitrogen and oxygen atoms in total.